The molecule has 3 saturated heterocycles. The monoisotopic (exact) mass is 1420 g/mol. The lowest BCUT2D eigenvalue weighted by atomic mass is 9.96. The third-order valence-electron chi connectivity index (χ3n) is 20.0. The molecule has 1 amide bonds. The van der Waals surface area contributed by atoms with E-state index in [2.05, 4.69) is 67.8 Å². The molecule has 3 heterocycles. The number of ether oxygens (including phenoxy) is 6. The summed E-state index contributed by atoms with van der Waals surface area (Å²) in [6.45, 7) is 1.73. The lowest BCUT2D eigenvalue weighted by Crippen LogP contribution is -2.66. The van der Waals surface area contributed by atoms with Gasteiger partial charge in [0.15, 0.2) is 18.9 Å². The summed E-state index contributed by atoms with van der Waals surface area (Å²) in [5.74, 6) is -0.291. The van der Waals surface area contributed by atoms with Crippen LogP contribution in [0.1, 0.15) is 316 Å². The SMILES string of the molecule is CCCCCCC/C=C\C/C=C\C/C=C\CCCCCCCCCCC(=O)NC(COC1OC(CO)C(OC2OC(CO)C(OC3OC(CO)C(O)C(O)C3O)C(O)C2O)C(O)C1O)C(O)/C=C/CC/C=C/CCCCCCCCCCCCCCCCCCCCCCCCCCCC. The number of hydrogen-bond donors (Lipinski definition) is 12. The number of aliphatic hydroxyl groups is 11. The number of allylic oxidation sites excluding steroid dienone is 9. The van der Waals surface area contributed by atoms with Gasteiger partial charge in [-0.15, -0.1) is 0 Å². The maximum atomic E-state index is 13.5. The Morgan fingerprint density at radius 3 is 1.07 bits per heavy atom. The van der Waals surface area contributed by atoms with Crippen LogP contribution < -0.4 is 5.32 Å². The molecule has 3 rings (SSSR count). The van der Waals surface area contributed by atoms with E-state index in [0.717, 1.165) is 64.2 Å². The van der Waals surface area contributed by atoms with Gasteiger partial charge < -0.3 is 89.9 Å². The van der Waals surface area contributed by atoms with Gasteiger partial charge in [0.05, 0.1) is 38.6 Å². The smallest absolute Gasteiger partial charge is 0.220 e. The van der Waals surface area contributed by atoms with Crippen molar-refractivity contribution in [2.45, 2.75) is 420 Å². The summed E-state index contributed by atoms with van der Waals surface area (Å²) < 4.78 is 34.4. The van der Waals surface area contributed by atoms with E-state index in [1.165, 1.54) is 218 Å². The third-order valence-corrected chi connectivity index (χ3v) is 20.0. The Morgan fingerprint density at radius 1 is 0.360 bits per heavy atom. The maximum absolute atomic E-state index is 13.5. The van der Waals surface area contributed by atoms with Gasteiger partial charge >= 0.3 is 0 Å². The zero-order valence-electron chi connectivity index (χ0n) is 62.4. The summed E-state index contributed by atoms with van der Waals surface area (Å²) in [4.78, 5) is 13.5. The second kappa shape index (κ2) is 61.6. The minimum absolute atomic E-state index is 0.225. The first kappa shape index (κ1) is 91.7. The Kier molecular flexibility index (Phi) is 56.5. The molecule has 17 atom stereocenters. The number of rotatable bonds is 64. The minimum Gasteiger partial charge on any atom is -0.394 e. The van der Waals surface area contributed by atoms with E-state index in [1.54, 1.807) is 6.08 Å². The molecule has 12 N–H and O–H groups in total. The van der Waals surface area contributed by atoms with Crippen molar-refractivity contribution in [2.24, 2.45) is 0 Å². The van der Waals surface area contributed by atoms with Gasteiger partial charge in [-0.1, -0.05) is 299 Å². The van der Waals surface area contributed by atoms with Crippen molar-refractivity contribution in [2.75, 3.05) is 26.4 Å². The van der Waals surface area contributed by atoms with Crippen LogP contribution in [0.3, 0.4) is 0 Å². The van der Waals surface area contributed by atoms with Crippen LogP contribution in [0.15, 0.2) is 60.8 Å². The average molecular weight is 1420 g/mol. The second-order valence-corrected chi connectivity index (χ2v) is 28.9. The Labute approximate surface area is 605 Å². The van der Waals surface area contributed by atoms with Crippen LogP contribution in [0.4, 0.5) is 0 Å². The molecule has 3 aliphatic rings. The highest BCUT2D eigenvalue weighted by Gasteiger charge is 2.54. The highest BCUT2D eigenvalue weighted by molar-refractivity contribution is 5.76. The summed E-state index contributed by atoms with van der Waals surface area (Å²) >= 11 is 0. The fourth-order valence-corrected chi connectivity index (χ4v) is 13.5. The number of nitrogens with one attached hydrogen (secondary N) is 1. The van der Waals surface area contributed by atoms with Crippen molar-refractivity contribution >= 4 is 5.91 Å². The fraction of sp³-hybridized carbons (Fsp3) is 0.864. The summed E-state index contributed by atoms with van der Waals surface area (Å²) in [5.41, 5.74) is 0. The Bertz CT molecular complexity index is 2040. The van der Waals surface area contributed by atoms with Crippen molar-refractivity contribution in [3.63, 3.8) is 0 Å². The van der Waals surface area contributed by atoms with Crippen LogP contribution in [0, 0.1) is 0 Å². The number of aliphatic hydroxyl groups excluding tert-OH is 11. The fourth-order valence-electron chi connectivity index (χ4n) is 13.5. The first-order chi connectivity index (χ1) is 48.8. The molecule has 584 valence electrons. The van der Waals surface area contributed by atoms with E-state index in [-0.39, 0.29) is 18.9 Å². The van der Waals surface area contributed by atoms with Crippen molar-refractivity contribution < 1.29 is 89.4 Å². The zero-order valence-corrected chi connectivity index (χ0v) is 62.4. The van der Waals surface area contributed by atoms with Gasteiger partial charge in [-0.25, -0.2) is 0 Å². The average Bonchev–Trinajstić information content (AvgIpc) is 0.783. The van der Waals surface area contributed by atoms with E-state index in [9.17, 15) is 61.0 Å². The van der Waals surface area contributed by atoms with Crippen LogP contribution in [0.2, 0.25) is 0 Å². The normalized spacial score (nSPS) is 26.8. The number of hydrogen-bond acceptors (Lipinski definition) is 18. The van der Waals surface area contributed by atoms with Gasteiger partial charge in [0, 0.05) is 6.42 Å². The van der Waals surface area contributed by atoms with E-state index < -0.39 is 124 Å². The molecular weight excluding hydrogens is 1270 g/mol. The highest BCUT2D eigenvalue weighted by atomic mass is 16.8. The Morgan fingerprint density at radius 2 is 0.670 bits per heavy atom. The molecule has 100 heavy (non-hydrogen) atoms. The first-order valence-electron chi connectivity index (χ1n) is 40.5. The molecule has 19 nitrogen and oxygen atoms in total. The summed E-state index contributed by atoms with van der Waals surface area (Å²) in [6, 6.07) is -0.999. The molecule has 3 fully saturated rings. The van der Waals surface area contributed by atoms with E-state index in [1.807, 2.05) is 6.08 Å². The molecular formula is C81H147NO18. The Balaban J connectivity index is 1.39. The van der Waals surface area contributed by atoms with Gasteiger partial charge in [-0.2, -0.15) is 0 Å². The Hall–Kier alpha value is -2.51. The van der Waals surface area contributed by atoms with Gasteiger partial charge in [0.2, 0.25) is 5.91 Å². The molecule has 3 aliphatic heterocycles. The predicted octanol–water partition coefficient (Wildman–Crippen LogP) is 13.5. The maximum Gasteiger partial charge on any atom is 0.220 e. The van der Waals surface area contributed by atoms with E-state index in [4.69, 9.17) is 28.4 Å². The zero-order chi connectivity index (χ0) is 72.5. The summed E-state index contributed by atoms with van der Waals surface area (Å²) in [7, 11) is 0. The largest absolute Gasteiger partial charge is 0.394 e. The van der Waals surface area contributed by atoms with Crippen molar-refractivity contribution in [3.8, 4) is 0 Å². The number of carbonyl (C=O) groups excluding carboxylic acids is 1. The van der Waals surface area contributed by atoms with E-state index >= 15 is 0 Å². The minimum atomic E-state index is -1.98. The van der Waals surface area contributed by atoms with Gasteiger partial charge in [-0.05, 0) is 70.6 Å². The topological polar surface area (TPSA) is 307 Å². The molecule has 0 bridgehead atoms. The quantitative estimate of drug-likeness (QED) is 0.0199. The predicted molar refractivity (Wildman–Crippen MR) is 397 cm³/mol. The number of carbonyl (C=O) groups is 1. The lowest BCUT2D eigenvalue weighted by molar-refractivity contribution is -0.379. The van der Waals surface area contributed by atoms with Crippen LogP contribution in [-0.4, -0.2) is 193 Å². The van der Waals surface area contributed by atoms with E-state index in [0.29, 0.717) is 12.8 Å². The molecule has 0 aliphatic carbocycles. The second-order valence-electron chi connectivity index (χ2n) is 28.9. The summed E-state index contributed by atoms with van der Waals surface area (Å²) in [5, 5.41) is 121. The molecule has 0 aromatic heterocycles. The number of unbranched alkanes of at least 4 members (excludes halogenated alkanes) is 40. The van der Waals surface area contributed by atoms with Crippen LogP contribution in [0.5, 0.6) is 0 Å². The first-order valence-corrected chi connectivity index (χ1v) is 40.5. The lowest BCUT2D eigenvalue weighted by Gasteiger charge is -2.48. The van der Waals surface area contributed by atoms with Gasteiger partial charge in [-0.3, -0.25) is 4.79 Å². The molecule has 0 radical (unpaired) electrons. The van der Waals surface area contributed by atoms with Crippen LogP contribution in [0.25, 0.3) is 0 Å². The van der Waals surface area contributed by atoms with Crippen LogP contribution in [-0.2, 0) is 33.2 Å². The summed E-state index contributed by atoms with van der Waals surface area (Å²) in [6.07, 6.45) is 52.1. The van der Waals surface area contributed by atoms with Gasteiger partial charge in [0.25, 0.3) is 0 Å². The van der Waals surface area contributed by atoms with Gasteiger partial charge in [0.1, 0.15) is 73.2 Å². The molecule has 19 heteroatoms. The number of amides is 1. The van der Waals surface area contributed by atoms with Crippen molar-refractivity contribution in [3.05, 3.63) is 60.8 Å². The molecule has 17 unspecified atom stereocenters. The molecule has 0 aromatic carbocycles. The highest BCUT2D eigenvalue weighted by Crippen LogP contribution is 2.33. The molecule has 0 aromatic rings. The van der Waals surface area contributed by atoms with Crippen molar-refractivity contribution in [1.29, 1.82) is 0 Å². The molecule has 0 spiro atoms. The third kappa shape index (κ3) is 41.4. The molecule has 0 saturated carbocycles. The standard InChI is InChI=1S/C81H147NO18/c1-3-5-7-9-11-13-15-17-19-21-23-25-27-28-29-30-31-32-33-34-35-37-38-40-42-44-46-48-50-52-54-56-58-65(86)64(82-69(87)59-57-55-53-51-49-47-45-43-41-39-36-26-24-22-20-18-16-14-12-10-8-6-4-2)63-95-79-75(93)72(90)77(67(61-84)97-79)100-81-76(94)73(91)78(68(62-85)98-81)99-80-74(92)71(89)70(88)66(60-83)96-80/h16,18,22,24,36,39,48,50,56,58,64-68,70-81,83-86,88-94H,3-15,17,19-21,23,25-35,37-38,40-47,49,51-55,57,59-63H2,1-2H3,(H,82,87)/b18-16-,24-22-,39-36-,50-48+,58-56+. The van der Waals surface area contributed by atoms with Crippen molar-refractivity contribution in [1.82, 2.24) is 5.32 Å². The van der Waals surface area contributed by atoms with Crippen LogP contribution >= 0.6 is 0 Å².